The molecule has 0 saturated heterocycles. The fourth-order valence-corrected chi connectivity index (χ4v) is 1.90. The number of anilines is 1. The number of nitrogens with one attached hydrogen (secondary N) is 1. The number of alkyl halides is 1. The number of unbranched alkanes of at least 4 members (excludes halogenated alkanes) is 1. The molecule has 5 nitrogen and oxygen atoms in total. The second kappa shape index (κ2) is 13.2. The zero-order valence-electron chi connectivity index (χ0n) is 13.7. The van der Waals surface area contributed by atoms with Crippen LogP contribution < -0.4 is 5.32 Å². The average molecular weight is 344 g/mol. The molecule has 0 amide bonds. The molecule has 0 aromatic heterocycles. The predicted octanol–water partition coefficient (Wildman–Crippen LogP) is 3.33. The minimum absolute atomic E-state index is 0.227. The van der Waals surface area contributed by atoms with Crippen molar-refractivity contribution < 1.29 is 19.0 Å². The molecule has 0 atom stereocenters. The Morgan fingerprint density at radius 1 is 1.04 bits per heavy atom. The van der Waals surface area contributed by atoms with E-state index >= 15 is 0 Å². The van der Waals surface area contributed by atoms with E-state index in [1.54, 1.807) is 12.1 Å². The Morgan fingerprint density at radius 2 is 1.70 bits per heavy atom. The van der Waals surface area contributed by atoms with Crippen molar-refractivity contribution in [2.75, 3.05) is 50.8 Å². The molecule has 130 valence electrons. The van der Waals surface area contributed by atoms with E-state index in [1.807, 2.05) is 12.1 Å². The summed E-state index contributed by atoms with van der Waals surface area (Å²) in [7, 11) is 0. The molecule has 23 heavy (non-hydrogen) atoms. The summed E-state index contributed by atoms with van der Waals surface area (Å²) in [5.74, 6) is 0.136. The maximum atomic E-state index is 11.9. The van der Waals surface area contributed by atoms with Gasteiger partial charge in [-0.15, -0.1) is 11.6 Å². The van der Waals surface area contributed by atoms with Gasteiger partial charge in [-0.2, -0.15) is 0 Å². The Morgan fingerprint density at radius 3 is 2.35 bits per heavy atom. The van der Waals surface area contributed by atoms with Gasteiger partial charge < -0.3 is 19.5 Å². The summed E-state index contributed by atoms with van der Waals surface area (Å²) in [6.07, 6.45) is 2.28. The van der Waals surface area contributed by atoms with E-state index in [1.165, 1.54) is 0 Å². The van der Waals surface area contributed by atoms with Crippen molar-refractivity contribution in [3.63, 3.8) is 0 Å². The van der Waals surface area contributed by atoms with Crippen LogP contribution in [0, 0.1) is 0 Å². The van der Waals surface area contributed by atoms with Gasteiger partial charge in [0.1, 0.15) is 6.61 Å². The Hall–Kier alpha value is -1.30. The second-order valence-corrected chi connectivity index (χ2v) is 5.29. The number of ether oxygens (including phenoxy) is 3. The largest absolute Gasteiger partial charge is 0.460 e. The lowest BCUT2D eigenvalue weighted by Crippen LogP contribution is -2.13. The highest BCUT2D eigenvalue weighted by molar-refractivity contribution is 6.17. The molecule has 0 spiro atoms. The van der Waals surface area contributed by atoms with E-state index in [4.69, 9.17) is 25.8 Å². The first-order valence-electron chi connectivity index (χ1n) is 8.00. The molecule has 0 bridgehead atoms. The summed E-state index contributed by atoms with van der Waals surface area (Å²) in [6, 6.07) is 7.29. The number of carbonyl (C=O) groups is 1. The van der Waals surface area contributed by atoms with Gasteiger partial charge in [-0.3, -0.25) is 0 Å². The third kappa shape index (κ3) is 9.43. The topological polar surface area (TPSA) is 56.8 Å². The summed E-state index contributed by atoms with van der Waals surface area (Å²) in [4.78, 5) is 11.9. The fraction of sp³-hybridized carbons (Fsp3) is 0.588. The lowest BCUT2D eigenvalue weighted by molar-refractivity contribution is 0.0166. The van der Waals surface area contributed by atoms with Crippen molar-refractivity contribution in [3.05, 3.63) is 29.8 Å². The normalized spacial score (nSPS) is 10.5. The minimum Gasteiger partial charge on any atom is -0.460 e. The quantitative estimate of drug-likeness (QED) is 0.338. The molecule has 0 aliphatic rings. The maximum Gasteiger partial charge on any atom is 0.338 e. The van der Waals surface area contributed by atoms with Crippen molar-refractivity contribution in [1.29, 1.82) is 0 Å². The summed E-state index contributed by atoms with van der Waals surface area (Å²) in [5.41, 5.74) is 1.55. The molecule has 0 aliphatic heterocycles. The highest BCUT2D eigenvalue weighted by Gasteiger charge is 2.06. The maximum absolute atomic E-state index is 11.9. The van der Waals surface area contributed by atoms with Gasteiger partial charge in [-0.05, 0) is 30.7 Å². The highest BCUT2D eigenvalue weighted by Crippen LogP contribution is 2.10. The number of esters is 1. The van der Waals surface area contributed by atoms with Crippen molar-refractivity contribution >= 4 is 23.3 Å². The van der Waals surface area contributed by atoms with E-state index in [2.05, 4.69) is 12.2 Å². The molecule has 1 rings (SSSR count). The molecule has 0 heterocycles. The van der Waals surface area contributed by atoms with E-state index < -0.39 is 0 Å². The average Bonchev–Trinajstić information content (AvgIpc) is 2.58. The summed E-state index contributed by atoms with van der Waals surface area (Å²) in [5, 5.41) is 3.30. The zero-order chi connectivity index (χ0) is 16.8. The van der Waals surface area contributed by atoms with Gasteiger partial charge in [-0.25, -0.2) is 4.79 Å². The molecule has 1 aromatic carbocycles. The number of carbonyl (C=O) groups excluding carboxylic acids is 1. The van der Waals surface area contributed by atoms with Crippen LogP contribution in [0.5, 0.6) is 0 Å². The number of hydrogen-bond donors (Lipinski definition) is 1. The van der Waals surface area contributed by atoms with Crippen molar-refractivity contribution in [2.45, 2.75) is 19.8 Å². The standard InChI is InChI=1S/C17H26ClNO4/c1-2-3-9-19-16-6-4-15(5-7-16)17(20)23-14-13-22-12-11-21-10-8-18/h4-7,19H,2-3,8-14H2,1H3. The third-order valence-electron chi connectivity index (χ3n) is 3.03. The van der Waals surface area contributed by atoms with Crippen LogP contribution in [0.2, 0.25) is 0 Å². The molecule has 1 N–H and O–H groups in total. The van der Waals surface area contributed by atoms with Crippen LogP contribution in [-0.2, 0) is 14.2 Å². The highest BCUT2D eigenvalue weighted by atomic mass is 35.5. The van der Waals surface area contributed by atoms with E-state index in [0.717, 1.165) is 25.1 Å². The summed E-state index contributed by atoms with van der Waals surface area (Å²) < 4.78 is 15.6. The molecule has 6 heteroatoms. The van der Waals surface area contributed by atoms with E-state index in [0.29, 0.717) is 37.9 Å². The van der Waals surface area contributed by atoms with Crippen molar-refractivity contribution in [1.82, 2.24) is 0 Å². The van der Waals surface area contributed by atoms with Crippen LogP contribution in [-0.4, -0.2) is 51.4 Å². The van der Waals surface area contributed by atoms with Gasteiger partial charge in [0.2, 0.25) is 0 Å². The lowest BCUT2D eigenvalue weighted by atomic mass is 10.2. The van der Waals surface area contributed by atoms with Gasteiger partial charge in [-0.1, -0.05) is 13.3 Å². The summed E-state index contributed by atoms with van der Waals surface area (Å²) >= 11 is 5.47. The monoisotopic (exact) mass is 343 g/mol. The SMILES string of the molecule is CCCCNc1ccc(C(=O)OCCOCCOCCCl)cc1. The molecular formula is C17H26ClNO4. The number of rotatable bonds is 13. The number of benzene rings is 1. The smallest absolute Gasteiger partial charge is 0.338 e. The number of halogens is 1. The molecule has 1 aromatic rings. The van der Waals surface area contributed by atoms with Crippen molar-refractivity contribution in [3.8, 4) is 0 Å². The first kappa shape index (κ1) is 19.7. The molecular weight excluding hydrogens is 318 g/mol. The van der Waals surface area contributed by atoms with Crippen LogP contribution in [0.25, 0.3) is 0 Å². The van der Waals surface area contributed by atoms with Gasteiger partial charge >= 0.3 is 5.97 Å². The van der Waals surface area contributed by atoms with Crippen LogP contribution in [0.1, 0.15) is 30.1 Å². The first-order valence-corrected chi connectivity index (χ1v) is 8.54. The molecule has 0 saturated carbocycles. The van der Waals surface area contributed by atoms with Crippen molar-refractivity contribution in [2.24, 2.45) is 0 Å². The second-order valence-electron chi connectivity index (χ2n) is 4.91. The first-order chi connectivity index (χ1) is 11.3. The van der Waals surface area contributed by atoms with Crippen LogP contribution >= 0.6 is 11.6 Å². The Labute approximate surface area is 143 Å². The van der Waals surface area contributed by atoms with E-state index in [-0.39, 0.29) is 12.6 Å². The molecule has 0 radical (unpaired) electrons. The van der Waals surface area contributed by atoms with E-state index in [9.17, 15) is 4.79 Å². The molecule has 0 aliphatic carbocycles. The lowest BCUT2D eigenvalue weighted by Gasteiger charge is -2.08. The van der Waals surface area contributed by atoms with Gasteiger partial charge in [0.15, 0.2) is 0 Å². The van der Waals surface area contributed by atoms with Gasteiger partial charge in [0.25, 0.3) is 0 Å². The zero-order valence-corrected chi connectivity index (χ0v) is 14.4. The number of hydrogen-bond acceptors (Lipinski definition) is 5. The summed E-state index contributed by atoms with van der Waals surface area (Å²) in [6.45, 7) is 5.14. The fourth-order valence-electron chi connectivity index (χ4n) is 1.79. The Bertz CT molecular complexity index is 425. The third-order valence-corrected chi connectivity index (χ3v) is 3.19. The Balaban J connectivity index is 2.14. The van der Waals surface area contributed by atoms with Gasteiger partial charge in [0, 0.05) is 18.1 Å². The van der Waals surface area contributed by atoms with Gasteiger partial charge in [0.05, 0.1) is 32.0 Å². The van der Waals surface area contributed by atoms with Crippen LogP contribution in [0.4, 0.5) is 5.69 Å². The Kier molecular flexibility index (Phi) is 11.3. The predicted molar refractivity (Wildman–Crippen MR) is 92.5 cm³/mol. The molecule has 0 fully saturated rings. The van der Waals surface area contributed by atoms with Crippen LogP contribution in [0.15, 0.2) is 24.3 Å². The molecule has 0 unspecified atom stereocenters. The minimum atomic E-state index is -0.341. The van der Waals surface area contributed by atoms with Crippen LogP contribution in [0.3, 0.4) is 0 Å².